The number of allylic oxidation sites excluding steroid dienone is 6. The fraction of sp³-hybridized carbons (Fsp3) is 0.865. The minimum Gasteiger partial charge on any atom is -0.457 e. The van der Waals surface area contributed by atoms with Crippen LogP contribution in [0, 0.1) is 0 Å². The number of unbranched alkanes of at least 4 members (excludes halogenated alkanes) is 27. The highest BCUT2D eigenvalue weighted by Gasteiger charge is 2.44. The molecule has 0 aliphatic carbocycles. The molecular formula is C52H96O9. The third kappa shape index (κ3) is 34.5. The van der Waals surface area contributed by atoms with Crippen molar-refractivity contribution in [2.24, 2.45) is 0 Å². The molecule has 4 N–H and O–H groups in total. The Kier molecular flexibility index (Phi) is 41.1. The molecule has 1 aliphatic rings. The van der Waals surface area contributed by atoms with Gasteiger partial charge in [-0.25, -0.2) is 0 Å². The van der Waals surface area contributed by atoms with Gasteiger partial charge in [-0.15, -0.1) is 0 Å². The van der Waals surface area contributed by atoms with Gasteiger partial charge in [-0.1, -0.05) is 185 Å². The maximum atomic E-state index is 12.8. The van der Waals surface area contributed by atoms with Crippen molar-refractivity contribution in [2.45, 2.75) is 263 Å². The van der Waals surface area contributed by atoms with Crippen LogP contribution >= 0.6 is 0 Å². The number of esters is 1. The molecule has 0 aromatic carbocycles. The molecule has 0 aromatic rings. The smallest absolute Gasteiger partial charge is 0.306 e. The molecule has 358 valence electrons. The van der Waals surface area contributed by atoms with Crippen LogP contribution in [0.3, 0.4) is 0 Å². The van der Waals surface area contributed by atoms with E-state index in [9.17, 15) is 25.2 Å². The van der Waals surface area contributed by atoms with Crippen molar-refractivity contribution < 1.29 is 44.2 Å². The number of aliphatic hydroxyl groups is 4. The van der Waals surface area contributed by atoms with Crippen molar-refractivity contribution in [2.75, 3.05) is 26.4 Å². The van der Waals surface area contributed by atoms with Gasteiger partial charge in [0.05, 0.1) is 19.8 Å². The summed E-state index contributed by atoms with van der Waals surface area (Å²) in [6, 6.07) is 0. The fourth-order valence-electron chi connectivity index (χ4n) is 7.75. The summed E-state index contributed by atoms with van der Waals surface area (Å²) < 4.78 is 22.9. The minimum absolute atomic E-state index is 0.118. The van der Waals surface area contributed by atoms with Crippen LogP contribution in [0.1, 0.15) is 226 Å². The highest BCUT2D eigenvalue weighted by molar-refractivity contribution is 5.69. The molecule has 1 aliphatic heterocycles. The highest BCUT2D eigenvalue weighted by atomic mass is 16.7. The number of aliphatic hydroxyl groups excluding tert-OH is 4. The number of hydrogen-bond acceptors (Lipinski definition) is 9. The third-order valence-corrected chi connectivity index (χ3v) is 11.8. The van der Waals surface area contributed by atoms with Crippen LogP contribution in [0.25, 0.3) is 0 Å². The quantitative estimate of drug-likeness (QED) is 0.0268. The largest absolute Gasteiger partial charge is 0.457 e. The summed E-state index contributed by atoms with van der Waals surface area (Å²) in [5.74, 6) is -0.325. The Morgan fingerprint density at radius 2 is 0.951 bits per heavy atom. The molecule has 6 atom stereocenters. The Balaban J connectivity index is 2.20. The second-order valence-electron chi connectivity index (χ2n) is 17.6. The van der Waals surface area contributed by atoms with Crippen LogP contribution < -0.4 is 0 Å². The van der Waals surface area contributed by atoms with Crippen molar-refractivity contribution in [1.29, 1.82) is 0 Å². The SMILES string of the molecule is CCCCCC/C=C\C/C=C\CCCCCCCC(=O)OC(COCCCCCCCCCCCC/C=C\CCCCCCCCCC)COC1OC(CO)C(O)C(O)C1O. The molecule has 61 heavy (non-hydrogen) atoms. The summed E-state index contributed by atoms with van der Waals surface area (Å²) in [6.45, 7) is 4.55. The van der Waals surface area contributed by atoms with Gasteiger partial charge < -0.3 is 39.4 Å². The van der Waals surface area contributed by atoms with Gasteiger partial charge >= 0.3 is 5.97 Å². The first kappa shape index (κ1) is 57.4. The molecule has 0 radical (unpaired) electrons. The minimum atomic E-state index is -1.54. The number of hydrogen-bond donors (Lipinski definition) is 4. The number of rotatable bonds is 44. The third-order valence-electron chi connectivity index (χ3n) is 11.8. The lowest BCUT2D eigenvalue weighted by atomic mass is 9.99. The molecule has 0 aromatic heterocycles. The van der Waals surface area contributed by atoms with Gasteiger partial charge in [0.2, 0.25) is 0 Å². The average molecular weight is 865 g/mol. The van der Waals surface area contributed by atoms with E-state index in [0.717, 1.165) is 57.8 Å². The van der Waals surface area contributed by atoms with Gasteiger partial charge in [0.1, 0.15) is 30.5 Å². The van der Waals surface area contributed by atoms with E-state index >= 15 is 0 Å². The van der Waals surface area contributed by atoms with Crippen LogP contribution in [0.5, 0.6) is 0 Å². The predicted octanol–water partition coefficient (Wildman–Crippen LogP) is 12.3. The van der Waals surface area contributed by atoms with E-state index in [1.165, 1.54) is 148 Å². The van der Waals surface area contributed by atoms with Gasteiger partial charge in [0, 0.05) is 13.0 Å². The molecule has 1 saturated heterocycles. The number of carbonyl (C=O) groups is 1. The second kappa shape index (κ2) is 43.7. The van der Waals surface area contributed by atoms with Gasteiger partial charge in [0.25, 0.3) is 0 Å². The zero-order valence-corrected chi connectivity index (χ0v) is 39.4. The summed E-state index contributed by atoms with van der Waals surface area (Å²) in [7, 11) is 0. The monoisotopic (exact) mass is 865 g/mol. The maximum Gasteiger partial charge on any atom is 0.306 e. The maximum absolute atomic E-state index is 12.8. The van der Waals surface area contributed by atoms with Crippen molar-refractivity contribution in [1.82, 2.24) is 0 Å². The van der Waals surface area contributed by atoms with Crippen LogP contribution in [0.2, 0.25) is 0 Å². The second-order valence-corrected chi connectivity index (χ2v) is 17.6. The van der Waals surface area contributed by atoms with Crippen molar-refractivity contribution in [3.63, 3.8) is 0 Å². The van der Waals surface area contributed by atoms with Crippen LogP contribution in [-0.4, -0.2) is 89.6 Å². The molecule has 0 spiro atoms. The van der Waals surface area contributed by atoms with Gasteiger partial charge in [-0.3, -0.25) is 4.79 Å². The van der Waals surface area contributed by atoms with E-state index in [1.807, 2.05) is 0 Å². The zero-order valence-electron chi connectivity index (χ0n) is 39.4. The van der Waals surface area contributed by atoms with E-state index in [0.29, 0.717) is 13.0 Å². The van der Waals surface area contributed by atoms with E-state index in [1.54, 1.807) is 0 Å². The first-order chi connectivity index (χ1) is 29.9. The first-order valence-electron chi connectivity index (χ1n) is 25.6. The van der Waals surface area contributed by atoms with Crippen molar-refractivity contribution >= 4 is 5.97 Å². The lowest BCUT2D eigenvalue weighted by Crippen LogP contribution is -2.59. The fourth-order valence-corrected chi connectivity index (χ4v) is 7.75. The highest BCUT2D eigenvalue weighted by Crippen LogP contribution is 2.23. The zero-order chi connectivity index (χ0) is 44.3. The van der Waals surface area contributed by atoms with Gasteiger partial charge in [-0.2, -0.15) is 0 Å². The lowest BCUT2D eigenvalue weighted by molar-refractivity contribution is -0.305. The Morgan fingerprint density at radius 3 is 1.44 bits per heavy atom. The standard InChI is InChI=1S/C52H96O9/c1-3-5-7-9-11-13-15-17-19-21-22-23-24-25-26-28-30-32-34-36-38-40-42-58-44-46(45-59-52-51(57)50(56)49(55)47(43-53)61-52)60-48(54)41-39-37-35-33-31-29-27-20-18-16-14-12-10-8-6-4-2/h14,16,20-22,27,46-47,49-53,55-57H,3-13,15,17-19,23-26,28-45H2,1-2H3/b16-14-,22-21-,27-20-. The Morgan fingerprint density at radius 1 is 0.525 bits per heavy atom. The Labute approximate surface area is 374 Å². The summed E-state index contributed by atoms with van der Waals surface area (Å²) >= 11 is 0. The normalized spacial score (nSPS) is 20.1. The first-order valence-corrected chi connectivity index (χ1v) is 25.6. The van der Waals surface area contributed by atoms with E-state index in [4.69, 9.17) is 18.9 Å². The molecule has 1 rings (SSSR count). The van der Waals surface area contributed by atoms with Crippen LogP contribution in [-0.2, 0) is 23.7 Å². The van der Waals surface area contributed by atoms with Crippen molar-refractivity contribution in [3.05, 3.63) is 36.5 Å². The molecule has 6 unspecified atom stereocenters. The van der Waals surface area contributed by atoms with E-state index in [-0.39, 0.29) is 19.2 Å². The summed E-state index contributed by atoms with van der Waals surface area (Å²) in [4.78, 5) is 12.8. The molecule has 9 nitrogen and oxygen atoms in total. The molecule has 0 saturated carbocycles. The molecule has 1 fully saturated rings. The van der Waals surface area contributed by atoms with Crippen LogP contribution in [0.15, 0.2) is 36.5 Å². The van der Waals surface area contributed by atoms with Crippen molar-refractivity contribution in [3.8, 4) is 0 Å². The molecular weight excluding hydrogens is 769 g/mol. The van der Waals surface area contributed by atoms with E-state index in [2.05, 4.69) is 50.3 Å². The predicted molar refractivity (Wildman–Crippen MR) is 252 cm³/mol. The number of ether oxygens (including phenoxy) is 4. The summed E-state index contributed by atoms with van der Waals surface area (Å²) in [6.07, 6.45) is 46.0. The van der Waals surface area contributed by atoms with E-state index < -0.39 is 43.4 Å². The molecule has 1 heterocycles. The molecule has 0 bridgehead atoms. The summed E-state index contributed by atoms with van der Waals surface area (Å²) in [5, 5.41) is 40.2. The van der Waals surface area contributed by atoms with Crippen LogP contribution in [0.4, 0.5) is 0 Å². The molecule has 0 amide bonds. The average Bonchev–Trinajstić information content (AvgIpc) is 3.26. The topological polar surface area (TPSA) is 135 Å². The number of carbonyl (C=O) groups excluding carboxylic acids is 1. The van der Waals surface area contributed by atoms with Gasteiger partial charge in [-0.05, 0) is 70.6 Å². The summed E-state index contributed by atoms with van der Waals surface area (Å²) in [5.41, 5.74) is 0. The lowest BCUT2D eigenvalue weighted by Gasteiger charge is -2.39. The molecule has 9 heteroatoms. The Bertz CT molecular complexity index is 1030. The van der Waals surface area contributed by atoms with Gasteiger partial charge in [0.15, 0.2) is 6.29 Å². The Hall–Kier alpha value is -1.59.